The summed E-state index contributed by atoms with van der Waals surface area (Å²) in [6.45, 7) is 1.77. The number of rotatable bonds is 8. The molecule has 0 aromatic heterocycles. The first-order valence-corrected chi connectivity index (χ1v) is 8.85. The highest BCUT2D eigenvalue weighted by atomic mass is 35.5. The molecular weight excluding hydrogens is 370 g/mol. The highest BCUT2D eigenvalue weighted by molar-refractivity contribution is 6.31. The number of esters is 1. The van der Waals surface area contributed by atoms with Crippen LogP contribution in [0.1, 0.15) is 24.5 Å². The number of carbonyl (C=O) groups excluding carboxylic acids is 2. The number of aromatic hydroxyl groups is 1. The van der Waals surface area contributed by atoms with Crippen molar-refractivity contribution in [2.24, 2.45) is 0 Å². The van der Waals surface area contributed by atoms with Crippen LogP contribution in [-0.2, 0) is 27.3 Å². The normalized spacial score (nSPS) is 11.5. The fourth-order valence-corrected chi connectivity index (χ4v) is 2.62. The number of halogens is 1. The van der Waals surface area contributed by atoms with E-state index in [0.717, 1.165) is 11.1 Å². The van der Waals surface area contributed by atoms with E-state index in [2.05, 4.69) is 5.32 Å². The maximum atomic E-state index is 12.1. The Morgan fingerprint density at radius 1 is 1.22 bits per heavy atom. The number of carbonyl (C=O) groups is 2. The van der Waals surface area contributed by atoms with Crippen LogP contribution in [0, 0.1) is 0 Å². The van der Waals surface area contributed by atoms with Gasteiger partial charge in [0.25, 0.3) is 5.91 Å². The molecule has 0 aliphatic rings. The molecule has 0 bridgehead atoms. The summed E-state index contributed by atoms with van der Waals surface area (Å²) in [5, 5.41) is 13.0. The van der Waals surface area contributed by atoms with Crippen molar-refractivity contribution in [3.8, 4) is 11.5 Å². The van der Waals surface area contributed by atoms with E-state index in [1.807, 2.05) is 12.1 Å². The predicted octanol–water partition coefficient (Wildman–Crippen LogP) is 3.23. The predicted molar refractivity (Wildman–Crippen MR) is 102 cm³/mol. The molecule has 2 aromatic rings. The summed E-state index contributed by atoms with van der Waals surface area (Å²) in [4.78, 5) is 24.0. The number of amides is 1. The fourth-order valence-electron chi connectivity index (χ4n) is 2.41. The summed E-state index contributed by atoms with van der Waals surface area (Å²) in [7, 11) is 1.46. The number of hydrogen-bond donors (Lipinski definition) is 2. The number of phenols is 1. The number of benzene rings is 2. The molecule has 0 aliphatic heterocycles. The molecule has 0 radical (unpaired) electrons. The third kappa shape index (κ3) is 6.18. The Balaban J connectivity index is 1.78. The molecule has 27 heavy (non-hydrogen) atoms. The number of aryl methyl sites for hydroxylation is 1. The van der Waals surface area contributed by atoms with E-state index in [4.69, 9.17) is 21.1 Å². The number of phenolic OH excluding ortho intramolecular Hbond substituents is 1. The second-order valence-corrected chi connectivity index (χ2v) is 6.35. The molecule has 0 aliphatic carbocycles. The zero-order chi connectivity index (χ0) is 19.8. The zero-order valence-corrected chi connectivity index (χ0v) is 16.0. The van der Waals surface area contributed by atoms with Gasteiger partial charge in [-0.3, -0.25) is 9.59 Å². The number of hydrogen-bond acceptors (Lipinski definition) is 5. The Hall–Kier alpha value is -2.73. The molecule has 0 spiro atoms. The average Bonchev–Trinajstić information content (AvgIpc) is 2.65. The van der Waals surface area contributed by atoms with Gasteiger partial charge in [0, 0.05) is 18.0 Å². The molecule has 0 fully saturated rings. The van der Waals surface area contributed by atoms with Crippen LogP contribution in [0.2, 0.25) is 5.02 Å². The minimum Gasteiger partial charge on any atom is -0.504 e. The summed E-state index contributed by atoms with van der Waals surface area (Å²) < 4.78 is 10.1. The van der Waals surface area contributed by atoms with E-state index < -0.39 is 18.0 Å². The van der Waals surface area contributed by atoms with Crippen molar-refractivity contribution < 1.29 is 24.2 Å². The molecule has 1 amide bonds. The minimum atomic E-state index is -0.913. The second kappa shape index (κ2) is 9.83. The van der Waals surface area contributed by atoms with Gasteiger partial charge in [0.1, 0.15) is 0 Å². The van der Waals surface area contributed by atoms with E-state index >= 15 is 0 Å². The van der Waals surface area contributed by atoms with Crippen molar-refractivity contribution in [1.29, 1.82) is 0 Å². The number of methoxy groups -OCH3 is 1. The Morgan fingerprint density at radius 3 is 2.63 bits per heavy atom. The minimum absolute atomic E-state index is 0.00989. The van der Waals surface area contributed by atoms with Crippen LogP contribution in [-0.4, -0.2) is 30.2 Å². The van der Waals surface area contributed by atoms with Crippen molar-refractivity contribution in [2.45, 2.75) is 32.4 Å². The molecular formula is C20H22ClNO5. The molecule has 0 heterocycles. The maximum absolute atomic E-state index is 12.1. The van der Waals surface area contributed by atoms with Crippen LogP contribution in [0.4, 0.5) is 0 Å². The molecule has 0 saturated heterocycles. The van der Waals surface area contributed by atoms with Gasteiger partial charge in [-0.15, -0.1) is 0 Å². The Morgan fingerprint density at radius 2 is 1.96 bits per heavy atom. The van der Waals surface area contributed by atoms with E-state index in [0.29, 0.717) is 17.2 Å². The summed E-state index contributed by atoms with van der Waals surface area (Å²) >= 11 is 6.04. The van der Waals surface area contributed by atoms with Crippen LogP contribution < -0.4 is 10.1 Å². The lowest BCUT2D eigenvalue weighted by Gasteiger charge is -2.14. The van der Waals surface area contributed by atoms with Gasteiger partial charge < -0.3 is 19.9 Å². The third-order valence-corrected chi connectivity index (χ3v) is 4.32. The van der Waals surface area contributed by atoms with Gasteiger partial charge in [-0.25, -0.2) is 0 Å². The first kappa shape index (κ1) is 20.6. The topological polar surface area (TPSA) is 84.9 Å². The summed E-state index contributed by atoms with van der Waals surface area (Å²) in [5.41, 5.74) is 1.55. The van der Waals surface area contributed by atoms with Crippen molar-refractivity contribution in [2.75, 3.05) is 7.11 Å². The molecule has 2 rings (SSSR count). The molecule has 0 saturated carbocycles. The lowest BCUT2D eigenvalue weighted by Crippen LogP contribution is -2.35. The number of nitrogens with one attached hydrogen (secondary N) is 1. The lowest BCUT2D eigenvalue weighted by molar-refractivity contribution is -0.154. The molecule has 7 heteroatoms. The highest BCUT2D eigenvalue weighted by Gasteiger charge is 2.18. The molecule has 2 N–H and O–H groups in total. The Labute approximate surface area is 163 Å². The second-order valence-electron chi connectivity index (χ2n) is 5.95. The number of ether oxygens (including phenoxy) is 2. The summed E-state index contributed by atoms with van der Waals surface area (Å²) in [6, 6.07) is 12.1. The Kier molecular flexibility index (Phi) is 7.49. The zero-order valence-electron chi connectivity index (χ0n) is 15.2. The van der Waals surface area contributed by atoms with Gasteiger partial charge in [-0.2, -0.15) is 0 Å². The smallest absolute Gasteiger partial charge is 0.306 e. The van der Waals surface area contributed by atoms with Crippen molar-refractivity contribution in [3.05, 3.63) is 58.6 Å². The van der Waals surface area contributed by atoms with Gasteiger partial charge in [0.15, 0.2) is 17.6 Å². The first-order valence-electron chi connectivity index (χ1n) is 8.47. The van der Waals surface area contributed by atoms with Gasteiger partial charge in [-0.05, 0) is 42.7 Å². The first-order chi connectivity index (χ1) is 12.9. The van der Waals surface area contributed by atoms with E-state index in [1.165, 1.54) is 20.1 Å². The molecule has 2 aromatic carbocycles. The van der Waals surface area contributed by atoms with E-state index in [9.17, 15) is 14.7 Å². The van der Waals surface area contributed by atoms with Gasteiger partial charge in [0.2, 0.25) is 0 Å². The van der Waals surface area contributed by atoms with Crippen LogP contribution >= 0.6 is 11.6 Å². The fraction of sp³-hybridized carbons (Fsp3) is 0.300. The summed E-state index contributed by atoms with van der Waals surface area (Å²) in [5.74, 6) is -0.517. The van der Waals surface area contributed by atoms with Crippen molar-refractivity contribution >= 4 is 23.5 Å². The molecule has 1 atom stereocenters. The van der Waals surface area contributed by atoms with E-state index in [-0.39, 0.29) is 18.7 Å². The van der Waals surface area contributed by atoms with Crippen molar-refractivity contribution in [1.82, 2.24) is 5.32 Å². The van der Waals surface area contributed by atoms with Crippen molar-refractivity contribution in [3.63, 3.8) is 0 Å². The SMILES string of the molecule is COc1ccc(CCC(=O)OC(C)C(=O)NCc2ccccc2Cl)cc1O. The quantitative estimate of drug-likeness (QED) is 0.675. The molecule has 6 nitrogen and oxygen atoms in total. The standard InChI is InChI=1S/C20H22ClNO5/c1-13(20(25)22-12-15-5-3-4-6-16(15)21)27-19(24)10-8-14-7-9-18(26-2)17(23)11-14/h3-7,9,11,13,23H,8,10,12H2,1-2H3,(H,22,25). The third-order valence-electron chi connectivity index (χ3n) is 3.95. The monoisotopic (exact) mass is 391 g/mol. The average molecular weight is 392 g/mol. The summed E-state index contributed by atoms with van der Waals surface area (Å²) in [6.07, 6.45) is -0.442. The van der Waals surface area contributed by atoms with Crippen LogP contribution in [0.15, 0.2) is 42.5 Å². The lowest BCUT2D eigenvalue weighted by atomic mass is 10.1. The van der Waals surface area contributed by atoms with E-state index in [1.54, 1.807) is 24.3 Å². The molecule has 144 valence electrons. The molecule has 1 unspecified atom stereocenters. The van der Waals surface area contributed by atoms with Gasteiger partial charge in [-0.1, -0.05) is 35.9 Å². The van der Waals surface area contributed by atoms with Crippen LogP contribution in [0.3, 0.4) is 0 Å². The highest BCUT2D eigenvalue weighted by Crippen LogP contribution is 2.26. The van der Waals surface area contributed by atoms with Crippen LogP contribution in [0.25, 0.3) is 0 Å². The Bertz CT molecular complexity index is 809. The van der Waals surface area contributed by atoms with Crippen LogP contribution in [0.5, 0.6) is 11.5 Å². The maximum Gasteiger partial charge on any atom is 0.306 e. The van der Waals surface area contributed by atoms with Gasteiger partial charge >= 0.3 is 5.97 Å². The largest absolute Gasteiger partial charge is 0.504 e. The van der Waals surface area contributed by atoms with Gasteiger partial charge in [0.05, 0.1) is 7.11 Å².